The van der Waals surface area contributed by atoms with Crippen molar-refractivity contribution in [2.45, 2.75) is 18.6 Å². The molecule has 12 heteroatoms. The van der Waals surface area contributed by atoms with Crippen molar-refractivity contribution < 1.29 is 45.2 Å². The normalized spacial score (nSPS) is 12.8. The zero-order valence-electron chi connectivity index (χ0n) is 15.5. The Morgan fingerprint density at radius 2 is 1.70 bits per heavy atom. The standard InChI is InChI=1S/C18H16BF3O7S/c19-9-11-6-7-13(14(8-11)28-16(23)12-4-2-1-3-5-12)17(24)29-15(18(20,21)22)10-30(25,26)27/h1-8,15H,9-10,19H2,(H,25,26,27). The molecule has 0 saturated carbocycles. The van der Waals surface area contributed by atoms with Gasteiger partial charge in [0.2, 0.25) is 6.10 Å². The van der Waals surface area contributed by atoms with Gasteiger partial charge in [0.1, 0.15) is 24.9 Å². The highest BCUT2D eigenvalue weighted by atomic mass is 32.2. The lowest BCUT2D eigenvalue weighted by molar-refractivity contribution is -0.197. The van der Waals surface area contributed by atoms with E-state index in [9.17, 15) is 31.2 Å². The summed E-state index contributed by atoms with van der Waals surface area (Å²) in [6, 6.07) is 11.5. The summed E-state index contributed by atoms with van der Waals surface area (Å²) < 4.78 is 79.0. The molecule has 2 aromatic carbocycles. The SMILES string of the molecule is BCc1ccc(C(=O)OC(CS(=O)(=O)O)C(F)(F)F)c(OC(=O)c2ccccc2)c1. The van der Waals surface area contributed by atoms with Crippen LogP contribution in [-0.4, -0.2) is 50.8 Å². The van der Waals surface area contributed by atoms with Gasteiger partial charge in [0.15, 0.2) is 0 Å². The van der Waals surface area contributed by atoms with E-state index in [1.807, 2.05) is 0 Å². The van der Waals surface area contributed by atoms with Gasteiger partial charge in [-0.2, -0.15) is 21.6 Å². The molecule has 0 bridgehead atoms. The van der Waals surface area contributed by atoms with Crippen LogP contribution in [0.25, 0.3) is 0 Å². The van der Waals surface area contributed by atoms with Gasteiger partial charge in [-0.1, -0.05) is 36.1 Å². The third kappa shape index (κ3) is 6.60. The minimum atomic E-state index is -5.25. The molecule has 1 atom stereocenters. The van der Waals surface area contributed by atoms with Crippen LogP contribution in [0.2, 0.25) is 0 Å². The minimum Gasteiger partial charge on any atom is -0.448 e. The molecule has 0 heterocycles. The van der Waals surface area contributed by atoms with Crippen molar-refractivity contribution in [2.75, 3.05) is 5.75 Å². The number of esters is 2. The van der Waals surface area contributed by atoms with Gasteiger partial charge in [0.05, 0.1) is 5.56 Å². The molecule has 30 heavy (non-hydrogen) atoms. The van der Waals surface area contributed by atoms with E-state index in [2.05, 4.69) is 4.74 Å². The smallest absolute Gasteiger partial charge is 0.426 e. The van der Waals surface area contributed by atoms with Gasteiger partial charge < -0.3 is 9.47 Å². The van der Waals surface area contributed by atoms with Crippen molar-refractivity contribution in [2.24, 2.45) is 0 Å². The van der Waals surface area contributed by atoms with Crippen molar-refractivity contribution in [1.29, 1.82) is 0 Å². The van der Waals surface area contributed by atoms with Gasteiger partial charge in [-0.05, 0) is 24.3 Å². The van der Waals surface area contributed by atoms with E-state index in [4.69, 9.17) is 9.29 Å². The molecule has 0 spiro atoms. The first-order valence-corrected chi connectivity index (χ1v) is 10.1. The summed E-state index contributed by atoms with van der Waals surface area (Å²) in [7, 11) is -3.33. The van der Waals surface area contributed by atoms with Crippen LogP contribution in [0.3, 0.4) is 0 Å². The molecular formula is C18H16BF3O7S. The Kier molecular flexibility index (Phi) is 7.27. The second-order valence-electron chi connectivity index (χ2n) is 6.12. The number of alkyl halides is 3. The first-order chi connectivity index (χ1) is 13.9. The first-order valence-electron chi connectivity index (χ1n) is 8.53. The number of halogens is 3. The van der Waals surface area contributed by atoms with Crippen LogP contribution in [0.5, 0.6) is 5.75 Å². The lowest BCUT2D eigenvalue weighted by Gasteiger charge is -2.20. The average molecular weight is 444 g/mol. The van der Waals surface area contributed by atoms with Crippen molar-refractivity contribution in [1.82, 2.24) is 0 Å². The quantitative estimate of drug-likeness (QED) is 0.301. The molecule has 0 amide bonds. The number of carbonyl (C=O) groups excluding carboxylic acids is 2. The van der Waals surface area contributed by atoms with Gasteiger partial charge >= 0.3 is 18.1 Å². The second-order valence-corrected chi connectivity index (χ2v) is 7.62. The molecule has 7 nitrogen and oxygen atoms in total. The molecule has 0 radical (unpaired) electrons. The Hall–Kier alpha value is -2.86. The Bertz CT molecular complexity index is 1020. The van der Waals surface area contributed by atoms with Crippen LogP contribution in [-0.2, 0) is 21.2 Å². The van der Waals surface area contributed by atoms with Gasteiger partial charge in [0, 0.05) is 0 Å². The maximum atomic E-state index is 13.0. The van der Waals surface area contributed by atoms with Gasteiger partial charge in [0.25, 0.3) is 10.1 Å². The fourth-order valence-corrected chi connectivity index (χ4v) is 2.99. The molecule has 1 N–H and O–H groups in total. The molecule has 160 valence electrons. The van der Waals surface area contributed by atoms with Crippen LogP contribution in [0, 0.1) is 0 Å². The highest BCUT2D eigenvalue weighted by Gasteiger charge is 2.45. The molecule has 0 saturated heterocycles. The number of carbonyl (C=O) groups is 2. The van der Waals surface area contributed by atoms with Crippen molar-refractivity contribution in [3.63, 3.8) is 0 Å². The van der Waals surface area contributed by atoms with E-state index in [0.29, 0.717) is 11.9 Å². The largest absolute Gasteiger partial charge is 0.448 e. The topological polar surface area (TPSA) is 107 Å². The molecule has 2 rings (SSSR count). The lowest BCUT2D eigenvalue weighted by atomic mass is 9.96. The van der Waals surface area contributed by atoms with Crippen molar-refractivity contribution in [3.8, 4) is 5.75 Å². The highest BCUT2D eigenvalue weighted by molar-refractivity contribution is 7.85. The minimum absolute atomic E-state index is 0.137. The summed E-state index contributed by atoms with van der Waals surface area (Å²) in [6.45, 7) is 0. The molecule has 2 aromatic rings. The zero-order chi connectivity index (χ0) is 22.5. The zero-order valence-corrected chi connectivity index (χ0v) is 16.4. The predicted molar refractivity (Wildman–Crippen MR) is 102 cm³/mol. The van der Waals surface area contributed by atoms with Gasteiger partial charge in [-0.3, -0.25) is 4.55 Å². The summed E-state index contributed by atoms with van der Waals surface area (Å²) in [5, 5.41) is 0. The molecule has 0 aromatic heterocycles. The Labute approximate surface area is 171 Å². The summed E-state index contributed by atoms with van der Waals surface area (Å²) in [5.41, 5.74) is 0.243. The number of benzene rings is 2. The maximum Gasteiger partial charge on any atom is 0.426 e. The summed E-state index contributed by atoms with van der Waals surface area (Å²) in [4.78, 5) is 24.6. The van der Waals surface area contributed by atoms with Crippen LogP contribution in [0.1, 0.15) is 26.3 Å². The Morgan fingerprint density at radius 1 is 1.07 bits per heavy atom. The summed E-state index contributed by atoms with van der Waals surface area (Å²) in [5.74, 6) is -4.64. The van der Waals surface area contributed by atoms with E-state index in [0.717, 1.165) is 6.07 Å². The van der Waals surface area contributed by atoms with E-state index in [-0.39, 0.29) is 11.3 Å². The molecule has 0 fully saturated rings. The molecular weight excluding hydrogens is 428 g/mol. The molecule has 0 aliphatic rings. The number of ether oxygens (including phenoxy) is 2. The van der Waals surface area contributed by atoms with E-state index >= 15 is 0 Å². The Balaban J connectivity index is 2.35. The summed E-state index contributed by atoms with van der Waals surface area (Å²) in [6.07, 6.45) is -7.89. The van der Waals surface area contributed by atoms with E-state index in [1.165, 1.54) is 24.3 Å². The lowest BCUT2D eigenvalue weighted by Crippen LogP contribution is -2.39. The van der Waals surface area contributed by atoms with Gasteiger partial charge in [-0.15, -0.1) is 0 Å². The number of hydrogen-bond acceptors (Lipinski definition) is 6. The van der Waals surface area contributed by atoms with Crippen LogP contribution < -0.4 is 4.74 Å². The fraction of sp³-hybridized carbons (Fsp3) is 0.222. The number of rotatable bonds is 7. The van der Waals surface area contributed by atoms with Crippen molar-refractivity contribution in [3.05, 3.63) is 65.2 Å². The third-order valence-corrected chi connectivity index (χ3v) is 4.59. The Morgan fingerprint density at radius 3 is 2.23 bits per heavy atom. The first kappa shape index (κ1) is 23.4. The maximum absolute atomic E-state index is 13.0. The average Bonchev–Trinajstić information content (AvgIpc) is 2.66. The second kappa shape index (κ2) is 9.31. The van der Waals surface area contributed by atoms with Gasteiger partial charge in [-0.25, -0.2) is 9.59 Å². The molecule has 0 aliphatic heterocycles. The number of hydrogen-bond donors (Lipinski definition) is 1. The summed E-state index contributed by atoms with van der Waals surface area (Å²) >= 11 is 0. The monoisotopic (exact) mass is 444 g/mol. The van der Waals surface area contributed by atoms with Crippen LogP contribution in [0.4, 0.5) is 13.2 Å². The highest BCUT2D eigenvalue weighted by Crippen LogP contribution is 2.28. The van der Waals surface area contributed by atoms with E-state index < -0.39 is 45.7 Å². The van der Waals surface area contributed by atoms with Crippen LogP contribution in [0.15, 0.2) is 48.5 Å². The van der Waals surface area contributed by atoms with Crippen LogP contribution >= 0.6 is 0 Å². The molecule has 0 aliphatic carbocycles. The molecule has 1 unspecified atom stereocenters. The fourth-order valence-electron chi connectivity index (χ4n) is 2.35. The predicted octanol–water partition coefficient (Wildman–Crippen LogP) is 2.01. The van der Waals surface area contributed by atoms with E-state index in [1.54, 1.807) is 26.0 Å². The van der Waals surface area contributed by atoms with Crippen molar-refractivity contribution >= 4 is 29.9 Å². The third-order valence-electron chi connectivity index (χ3n) is 3.86.